The topological polar surface area (TPSA) is 66.8 Å². The molecule has 4 nitrogen and oxygen atoms in total. The molecule has 0 radical (unpaired) electrons. The lowest BCUT2D eigenvalue weighted by molar-refractivity contribution is -0.146. The van der Waals surface area contributed by atoms with Crippen molar-refractivity contribution in [3.63, 3.8) is 0 Å². The van der Waals surface area contributed by atoms with E-state index in [1.165, 1.54) is 57.8 Å². The average molecular weight is 359 g/mol. The molecule has 4 heteroatoms. The van der Waals surface area contributed by atoms with E-state index in [9.17, 15) is 9.90 Å². The Balaban J connectivity index is 3.22. The summed E-state index contributed by atoms with van der Waals surface area (Å²) in [4.78, 5) is 11.4. The smallest absolute Gasteiger partial charge is 0.305 e. The molecule has 0 unspecified atom stereocenters. The van der Waals surface area contributed by atoms with E-state index in [0.717, 1.165) is 32.1 Å². The second-order valence-electron chi connectivity index (χ2n) is 7.40. The van der Waals surface area contributed by atoms with Crippen molar-refractivity contribution >= 4 is 5.97 Å². The summed E-state index contributed by atoms with van der Waals surface area (Å²) in [7, 11) is 0. The number of carbonyl (C=O) groups is 1. The van der Waals surface area contributed by atoms with Crippen molar-refractivity contribution in [1.82, 2.24) is 0 Å². The van der Waals surface area contributed by atoms with Crippen molar-refractivity contribution in [2.75, 3.05) is 6.61 Å². The van der Waals surface area contributed by atoms with Crippen molar-refractivity contribution in [3.8, 4) is 0 Å². The van der Waals surface area contributed by atoms with Crippen LogP contribution in [0.3, 0.4) is 0 Å². The molecule has 0 aromatic rings. The molecule has 2 N–H and O–H groups in total. The van der Waals surface area contributed by atoms with E-state index < -0.39 is 6.10 Å². The number of hydrogen-bond acceptors (Lipinski definition) is 4. The predicted molar refractivity (Wildman–Crippen MR) is 104 cm³/mol. The molecular weight excluding hydrogens is 316 g/mol. The van der Waals surface area contributed by atoms with Gasteiger partial charge in [0.05, 0.1) is 12.2 Å². The average Bonchev–Trinajstić information content (AvgIpc) is 2.58. The number of carbonyl (C=O) groups excluding carboxylic acids is 1. The highest BCUT2D eigenvalue weighted by Crippen LogP contribution is 2.14. The van der Waals surface area contributed by atoms with Crippen molar-refractivity contribution in [1.29, 1.82) is 0 Å². The predicted octanol–water partition coefficient (Wildman–Crippen LogP) is 5.14. The van der Waals surface area contributed by atoms with E-state index in [1.807, 2.05) is 0 Å². The van der Waals surface area contributed by atoms with E-state index in [4.69, 9.17) is 9.84 Å². The van der Waals surface area contributed by atoms with Gasteiger partial charge in [-0.1, -0.05) is 77.6 Å². The van der Waals surface area contributed by atoms with Crippen LogP contribution in [-0.2, 0) is 9.53 Å². The standard InChI is InChI=1S/C21H42O4/c1-3-4-5-12-15-20(23)16-13-10-8-6-7-9-11-14-17-21(24)25-18-19(2)22/h19-20,22-23H,3-18H2,1-2H3/t19-,20-/m1/s1. The third kappa shape index (κ3) is 19.6. The number of hydrogen-bond donors (Lipinski definition) is 2. The highest BCUT2D eigenvalue weighted by molar-refractivity contribution is 5.69. The van der Waals surface area contributed by atoms with Gasteiger partial charge in [-0.25, -0.2) is 0 Å². The van der Waals surface area contributed by atoms with Gasteiger partial charge in [0.25, 0.3) is 0 Å². The Morgan fingerprint density at radius 3 is 1.80 bits per heavy atom. The molecule has 0 fully saturated rings. The quantitative estimate of drug-likeness (QED) is 0.263. The van der Waals surface area contributed by atoms with E-state index in [0.29, 0.717) is 6.42 Å². The molecule has 0 saturated carbocycles. The van der Waals surface area contributed by atoms with Crippen molar-refractivity contribution in [2.24, 2.45) is 0 Å². The van der Waals surface area contributed by atoms with Crippen LogP contribution in [0.15, 0.2) is 0 Å². The van der Waals surface area contributed by atoms with Crippen LogP contribution in [0.5, 0.6) is 0 Å². The highest BCUT2D eigenvalue weighted by atomic mass is 16.5. The molecule has 0 aromatic carbocycles. The maximum absolute atomic E-state index is 11.4. The Labute approximate surface area is 155 Å². The van der Waals surface area contributed by atoms with Crippen LogP contribution in [0.4, 0.5) is 0 Å². The molecule has 0 rings (SSSR count). The summed E-state index contributed by atoms with van der Waals surface area (Å²) in [5.74, 6) is -0.200. The highest BCUT2D eigenvalue weighted by Gasteiger charge is 2.05. The van der Waals surface area contributed by atoms with Crippen LogP contribution in [0.2, 0.25) is 0 Å². The maximum Gasteiger partial charge on any atom is 0.305 e. The summed E-state index contributed by atoms with van der Waals surface area (Å²) in [5, 5.41) is 18.9. The Bertz CT molecular complexity index is 292. The number of rotatable bonds is 18. The fourth-order valence-electron chi connectivity index (χ4n) is 2.95. The van der Waals surface area contributed by atoms with Gasteiger partial charge in [0.2, 0.25) is 0 Å². The number of unbranched alkanes of at least 4 members (excludes halogenated alkanes) is 10. The van der Waals surface area contributed by atoms with Gasteiger partial charge in [0.15, 0.2) is 0 Å². The molecule has 0 spiro atoms. The lowest BCUT2D eigenvalue weighted by Gasteiger charge is -2.10. The first-order valence-corrected chi connectivity index (χ1v) is 10.6. The Kier molecular flexibility index (Phi) is 17.7. The zero-order valence-corrected chi connectivity index (χ0v) is 16.7. The van der Waals surface area contributed by atoms with E-state index >= 15 is 0 Å². The molecule has 25 heavy (non-hydrogen) atoms. The van der Waals surface area contributed by atoms with E-state index in [-0.39, 0.29) is 18.7 Å². The first-order valence-electron chi connectivity index (χ1n) is 10.6. The van der Waals surface area contributed by atoms with Gasteiger partial charge in [0.1, 0.15) is 6.61 Å². The lowest BCUT2D eigenvalue weighted by atomic mass is 10.0. The largest absolute Gasteiger partial charge is 0.463 e. The molecule has 0 aliphatic heterocycles. The first-order chi connectivity index (χ1) is 12.1. The molecule has 0 saturated heterocycles. The molecule has 0 aromatic heterocycles. The number of esters is 1. The van der Waals surface area contributed by atoms with E-state index in [1.54, 1.807) is 6.92 Å². The molecule has 0 bridgehead atoms. The van der Waals surface area contributed by atoms with Crippen molar-refractivity contribution in [3.05, 3.63) is 0 Å². The lowest BCUT2D eigenvalue weighted by Crippen LogP contribution is -2.14. The summed E-state index contributed by atoms with van der Waals surface area (Å²) in [6, 6.07) is 0. The molecule has 150 valence electrons. The minimum absolute atomic E-state index is 0.0922. The van der Waals surface area contributed by atoms with Gasteiger partial charge in [-0.15, -0.1) is 0 Å². The van der Waals surface area contributed by atoms with Gasteiger partial charge in [-0.2, -0.15) is 0 Å². The monoisotopic (exact) mass is 358 g/mol. The summed E-state index contributed by atoms with van der Waals surface area (Å²) >= 11 is 0. The van der Waals surface area contributed by atoms with Gasteiger partial charge >= 0.3 is 5.97 Å². The SMILES string of the molecule is CCCCCC[C@@H](O)CCCCCCCCCCC(=O)OC[C@@H](C)O. The van der Waals surface area contributed by atoms with Crippen molar-refractivity contribution < 1.29 is 19.7 Å². The summed E-state index contributed by atoms with van der Waals surface area (Å²) in [6.45, 7) is 3.93. The number of aliphatic hydroxyl groups is 2. The van der Waals surface area contributed by atoms with Crippen LogP contribution in [-0.4, -0.2) is 35.0 Å². The minimum atomic E-state index is -0.578. The number of aliphatic hydroxyl groups excluding tert-OH is 2. The minimum Gasteiger partial charge on any atom is -0.463 e. The summed E-state index contributed by atoms with van der Waals surface area (Å²) < 4.78 is 4.92. The Morgan fingerprint density at radius 2 is 1.28 bits per heavy atom. The molecule has 2 atom stereocenters. The van der Waals surface area contributed by atoms with Gasteiger partial charge in [0, 0.05) is 6.42 Å². The third-order valence-corrected chi connectivity index (χ3v) is 4.54. The first kappa shape index (κ1) is 24.4. The van der Waals surface area contributed by atoms with E-state index in [2.05, 4.69) is 6.92 Å². The van der Waals surface area contributed by atoms with Gasteiger partial charge in [-0.3, -0.25) is 4.79 Å². The fraction of sp³-hybridized carbons (Fsp3) is 0.952. The van der Waals surface area contributed by atoms with Crippen LogP contribution in [0.1, 0.15) is 110 Å². The Hall–Kier alpha value is -0.610. The summed E-state index contributed by atoms with van der Waals surface area (Å²) in [6.07, 6.45) is 15.9. The number of ether oxygens (including phenoxy) is 1. The second-order valence-corrected chi connectivity index (χ2v) is 7.40. The molecular formula is C21H42O4. The van der Waals surface area contributed by atoms with Gasteiger partial charge in [-0.05, 0) is 26.2 Å². The zero-order valence-electron chi connectivity index (χ0n) is 16.7. The maximum atomic E-state index is 11.4. The van der Waals surface area contributed by atoms with Crippen molar-refractivity contribution in [2.45, 2.75) is 122 Å². The van der Waals surface area contributed by atoms with Crippen LogP contribution < -0.4 is 0 Å². The second kappa shape index (κ2) is 18.2. The summed E-state index contributed by atoms with van der Waals surface area (Å²) in [5.41, 5.74) is 0. The molecule has 0 heterocycles. The third-order valence-electron chi connectivity index (χ3n) is 4.54. The Morgan fingerprint density at radius 1 is 0.800 bits per heavy atom. The van der Waals surface area contributed by atoms with Gasteiger partial charge < -0.3 is 14.9 Å². The molecule has 0 aliphatic carbocycles. The van der Waals surface area contributed by atoms with Crippen LogP contribution >= 0.6 is 0 Å². The fourth-order valence-corrected chi connectivity index (χ4v) is 2.95. The van der Waals surface area contributed by atoms with Crippen LogP contribution in [0, 0.1) is 0 Å². The molecule has 0 aliphatic rings. The van der Waals surface area contributed by atoms with Crippen LogP contribution in [0.25, 0.3) is 0 Å². The molecule has 0 amide bonds. The normalized spacial score (nSPS) is 13.6. The zero-order chi connectivity index (χ0) is 18.8.